The van der Waals surface area contributed by atoms with Crippen LogP contribution in [-0.4, -0.2) is 41.1 Å². The maximum atomic E-state index is 13.5. The third-order valence-electron chi connectivity index (χ3n) is 3.09. The molecular weight excluding hydrogens is 284 g/mol. The van der Waals surface area contributed by atoms with Crippen LogP contribution in [0.25, 0.3) is 0 Å². The van der Waals surface area contributed by atoms with Gasteiger partial charge in [-0.15, -0.1) is 0 Å². The van der Waals surface area contributed by atoms with E-state index in [1.54, 1.807) is 6.26 Å². The molecule has 0 fully saturated rings. The fourth-order valence-electron chi connectivity index (χ4n) is 2.15. The van der Waals surface area contributed by atoms with E-state index in [0.29, 0.717) is 17.7 Å². The van der Waals surface area contributed by atoms with E-state index >= 15 is 0 Å². The van der Waals surface area contributed by atoms with Crippen molar-refractivity contribution in [1.82, 2.24) is 5.32 Å². The van der Waals surface area contributed by atoms with Crippen molar-refractivity contribution in [3.63, 3.8) is 0 Å². The van der Waals surface area contributed by atoms with E-state index in [1.165, 1.54) is 23.9 Å². The molecule has 5 nitrogen and oxygen atoms in total. The van der Waals surface area contributed by atoms with Gasteiger partial charge in [0.1, 0.15) is 11.6 Å². The molecule has 1 aliphatic heterocycles. The number of aliphatic hydroxyl groups excluding tert-OH is 1. The molecule has 20 heavy (non-hydrogen) atoms. The lowest BCUT2D eigenvalue weighted by molar-refractivity contribution is -0.118. The summed E-state index contributed by atoms with van der Waals surface area (Å²) in [6.45, 7) is -0.509. The van der Waals surface area contributed by atoms with Crippen LogP contribution >= 0.6 is 11.8 Å². The highest BCUT2D eigenvalue weighted by molar-refractivity contribution is 7.99. The van der Waals surface area contributed by atoms with E-state index in [9.17, 15) is 14.2 Å². The number of rotatable bonds is 4. The van der Waals surface area contributed by atoms with Crippen molar-refractivity contribution in [3.05, 3.63) is 29.1 Å². The molecule has 2 rings (SSSR count). The van der Waals surface area contributed by atoms with Gasteiger partial charge in [0.2, 0.25) is 5.91 Å². The van der Waals surface area contributed by atoms with Crippen LogP contribution in [0.15, 0.2) is 12.1 Å². The van der Waals surface area contributed by atoms with E-state index in [2.05, 4.69) is 5.32 Å². The first kappa shape index (κ1) is 15.1. The van der Waals surface area contributed by atoms with Crippen molar-refractivity contribution in [2.24, 2.45) is 0 Å². The molecule has 1 heterocycles. The molecule has 1 aromatic rings. The Labute approximate surface area is 120 Å². The van der Waals surface area contributed by atoms with Crippen LogP contribution in [0, 0.1) is 5.82 Å². The van der Waals surface area contributed by atoms with Gasteiger partial charge in [-0.05, 0) is 24.3 Å². The zero-order chi connectivity index (χ0) is 14.7. The second-order valence-corrected chi connectivity index (χ2v) is 5.36. The molecule has 0 aromatic heterocycles. The maximum absolute atomic E-state index is 13.5. The van der Waals surface area contributed by atoms with Crippen molar-refractivity contribution in [2.45, 2.75) is 19.0 Å². The third-order valence-corrected chi connectivity index (χ3v) is 3.64. The largest absolute Gasteiger partial charge is 0.547 e. The molecule has 0 aliphatic carbocycles. The number of aliphatic hydroxyl groups is 1. The highest BCUT2D eigenvalue weighted by atomic mass is 32.2. The zero-order valence-electron chi connectivity index (χ0n) is 10.9. The summed E-state index contributed by atoms with van der Waals surface area (Å²) in [6, 6.07) is 2.77. The van der Waals surface area contributed by atoms with Crippen molar-refractivity contribution in [3.8, 4) is 5.75 Å². The summed E-state index contributed by atoms with van der Waals surface area (Å²) < 4.78 is 18.8. The summed E-state index contributed by atoms with van der Waals surface area (Å²) in [6.07, 6.45) is 2.13. The Morgan fingerprint density at radius 1 is 1.65 bits per heavy atom. The van der Waals surface area contributed by atoms with Crippen molar-refractivity contribution >= 4 is 24.8 Å². The van der Waals surface area contributed by atoms with Gasteiger partial charge in [0.25, 0.3) is 0 Å². The highest BCUT2D eigenvalue weighted by Gasteiger charge is 2.37. The fourth-order valence-corrected chi connectivity index (χ4v) is 2.50. The summed E-state index contributed by atoms with van der Waals surface area (Å²) in [5, 5.41) is 21.7. The highest BCUT2D eigenvalue weighted by Crippen LogP contribution is 2.31. The number of amides is 1. The van der Waals surface area contributed by atoms with Gasteiger partial charge in [-0.3, -0.25) is 4.79 Å². The van der Waals surface area contributed by atoms with Gasteiger partial charge >= 0.3 is 7.12 Å². The monoisotopic (exact) mass is 299 g/mol. The lowest BCUT2D eigenvalue weighted by Crippen LogP contribution is -2.53. The number of thioether (sulfide) groups is 1. The minimum atomic E-state index is -1.26. The minimum Gasteiger partial charge on any atom is -0.534 e. The molecule has 8 heteroatoms. The summed E-state index contributed by atoms with van der Waals surface area (Å²) in [4.78, 5) is 11.5. The van der Waals surface area contributed by atoms with Crippen molar-refractivity contribution in [1.29, 1.82) is 0 Å². The van der Waals surface area contributed by atoms with Crippen LogP contribution in [-0.2, 0) is 17.8 Å². The second-order valence-electron chi connectivity index (χ2n) is 4.49. The molecule has 0 radical (unpaired) electrons. The molecule has 0 saturated carbocycles. The molecule has 1 unspecified atom stereocenters. The number of nitrogens with one attached hydrogen (secondary N) is 1. The average Bonchev–Trinajstić information content (AvgIpc) is 2.40. The Bertz CT molecular complexity index is 516. The Balaban J connectivity index is 2.19. The van der Waals surface area contributed by atoms with Gasteiger partial charge < -0.3 is 20.1 Å². The van der Waals surface area contributed by atoms with E-state index < -0.39 is 25.5 Å². The number of benzene rings is 1. The third kappa shape index (κ3) is 3.08. The minimum absolute atomic E-state index is 0.0236. The molecule has 108 valence electrons. The van der Waals surface area contributed by atoms with E-state index in [-0.39, 0.29) is 17.2 Å². The van der Waals surface area contributed by atoms with Crippen LogP contribution in [0.3, 0.4) is 0 Å². The molecule has 3 N–H and O–H groups in total. The number of fused-ring (bicyclic) bond motifs is 1. The van der Waals surface area contributed by atoms with Crippen molar-refractivity contribution in [2.75, 3.05) is 12.0 Å². The summed E-state index contributed by atoms with van der Waals surface area (Å²) >= 11 is 1.38. The first-order chi connectivity index (χ1) is 9.56. The molecular formula is C12H15BFNO4S. The molecule has 0 saturated heterocycles. The number of hydrogen-bond donors (Lipinski definition) is 3. The summed E-state index contributed by atoms with van der Waals surface area (Å²) in [7, 11) is -1.26. The number of carbonyl (C=O) groups is 1. The molecule has 1 aliphatic rings. The second kappa shape index (κ2) is 6.47. The van der Waals surface area contributed by atoms with Gasteiger partial charge in [-0.1, -0.05) is 6.07 Å². The predicted molar refractivity (Wildman–Crippen MR) is 74.9 cm³/mol. The Hall–Kier alpha value is -1.25. The fraction of sp³-hybridized carbons (Fsp3) is 0.417. The first-order valence-electron chi connectivity index (χ1n) is 6.11. The molecule has 0 spiro atoms. The standard InChI is InChI=1S/C12H15BFNO4S/c1-20-6-11(17)15-10-4-7-2-3-9(14)8(5-16)12(7)19-13(10)18/h2-3,10,16,18H,4-6H2,1H3,(H,15,17). The van der Waals surface area contributed by atoms with Crippen LogP contribution < -0.4 is 9.97 Å². The van der Waals surface area contributed by atoms with Crippen LogP contribution in [0.2, 0.25) is 0 Å². The maximum Gasteiger partial charge on any atom is 0.547 e. The van der Waals surface area contributed by atoms with Crippen LogP contribution in [0.4, 0.5) is 4.39 Å². The average molecular weight is 299 g/mol. The zero-order valence-corrected chi connectivity index (χ0v) is 11.7. The predicted octanol–water partition coefficient (Wildman–Crippen LogP) is 0.120. The smallest absolute Gasteiger partial charge is 0.534 e. The van der Waals surface area contributed by atoms with E-state index in [4.69, 9.17) is 9.76 Å². The summed E-state index contributed by atoms with van der Waals surface area (Å²) in [5.41, 5.74) is 0.672. The lowest BCUT2D eigenvalue weighted by atomic mass is 9.72. The lowest BCUT2D eigenvalue weighted by Gasteiger charge is -2.29. The first-order valence-corrected chi connectivity index (χ1v) is 7.50. The number of hydrogen-bond acceptors (Lipinski definition) is 5. The quantitative estimate of drug-likeness (QED) is 0.688. The van der Waals surface area contributed by atoms with E-state index in [0.717, 1.165) is 0 Å². The normalized spacial score (nSPS) is 17.4. The van der Waals surface area contributed by atoms with Crippen LogP contribution in [0.5, 0.6) is 5.75 Å². The molecule has 1 amide bonds. The Morgan fingerprint density at radius 3 is 3.05 bits per heavy atom. The van der Waals surface area contributed by atoms with Gasteiger partial charge in [0.15, 0.2) is 0 Å². The van der Waals surface area contributed by atoms with Crippen molar-refractivity contribution < 1.29 is 24.0 Å². The number of halogens is 1. The van der Waals surface area contributed by atoms with Gasteiger partial charge in [0.05, 0.1) is 23.9 Å². The topological polar surface area (TPSA) is 78.8 Å². The van der Waals surface area contributed by atoms with Gasteiger partial charge in [-0.2, -0.15) is 11.8 Å². The molecule has 1 atom stereocenters. The van der Waals surface area contributed by atoms with E-state index in [1.807, 2.05) is 0 Å². The Kier molecular flexibility index (Phi) is 4.90. The van der Waals surface area contributed by atoms with Crippen LogP contribution in [0.1, 0.15) is 11.1 Å². The molecule has 0 bridgehead atoms. The van der Waals surface area contributed by atoms with Gasteiger partial charge in [0, 0.05) is 0 Å². The number of carbonyl (C=O) groups excluding carboxylic acids is 1. The SMILES string of the molecule is CSCC(=O)NC1Cc2ccc(F)c(CO)c2OB1O. The molecule has 1 aromatic carbocycles. The van der Waals surface area contributed by atoms with Gasteiger partial charge in [-0.25, -0.2) is 4.39 Å². The summed E-state index contributed by atoms with van der Waals surface area (Å²) in [5.74, 6) is -0.905. The Morgan fingerprint density at radius 2 is 2.40 bits per heavy atom.